The third-order valence-electron chi connectivity index (χ3n) is 5.52. The van der Waals surface area contributed by atoms with E-state index in [1.807, 2.05) is 11.8 Å². The molecule has 4 nitrogen and oxygen atoms in total. The lowest BCUT2D eigenvalue weighted by Crippen LogP contribution is -2.54. The first-order chi connectivity index (χ1) is 11.5. The van der Waals surface area contributed by atoms with E-state index in [-0.39, 0.29) is 23.3 Å². The summed E-state index contributed by atoms with van der Waals surface area (Å²) >= 11 is 0. The highest BCUT2D eigenvalue weighted by Gasteiger charge is 2.35. The lowest BCUT2D eigenvalue weighted by atomic mass is 9.78. The molecule has 1 saturated heterocycles. The minimum absolute atomic E-state index is 0.0664. The Balaban J connectivity index is 1.63. The molecular formula is C20H28N2O2. The van der Waals surface area contributed by atoms with Gasteiger partial charge >= 0.3 is 0 Å². The molecule has 1 aliphatic heterocycles. The number of piperidine rings is 1. The van der Waals surface area contributed by atoms with Crippen LogP contribution in [0.5, 0.6) is 0 Å². The van der Waals surface area contributed by atoms with Gasteiger partial charge in [-0.2, -0.15) is 0 Å². The van der Waals surface area contributed by atoms with Gasteiger partial charge in [-0.05, 0) is 50.2 Å². The number of hydrogen-bond acceptors (Lipinski definition) is 2. The van der Waals surface area contributed by atoms with Crippen LogP contribution in [0.25, 0.3) is 0 Å². The van der Waals surface area contributed by atoms with Gasteiger partial charge in [-0.1, -0.05) is 31.2 Å². The van der Waals surface area contributed by atoms with Crippen molar-refractivity contribution in [2.75, 3.05) is 13.1 Å². The Hall–Kier alpha value is -1.84. The molecule has 130 valence electrons. The fourth-order valence-corrected chi connectivity index (χ4v) is 4.04. The molecule has 0 spiro atoms. The molecule has 3 rings (SSSR count). The summed E-state index contributed by atoms with van der Waals surface area (Å²) in [4.78, 5) is 26.6. The second-order valence-corrected chi connectivity index (χ2v) is 7.53. The predicted molar refractivity (Wildman–Crippen MR) is 94.6 cm³/mol. The first-order valence-electron chi connectivity index (χ1n) is 9.17. The van der Waals surface area contributed by atoms with Gasteiger partial charge in [-0.15, -0.1) is 0 Å². The van der Waals surface area contributed by atoms with Crippen LogP contribution >= 0.6 is 0 Å². The summed E-state index contributed by atoms with van der Waals surface area (Å²) < 4.78 is 0. The maximum Gasteiger partial charge on any atom is 0.225 e. The minimum Gasteiger partial charge on any atom is -0.350 e. The zero-order valence-electron chi connectivity index (χ0n) is 14.8. The standard InChI is InChI=1S/C20H28N2O2/c1-3-18(23)22-12-6-9-17(14-22)19(24)21-20(2)11-10-15-7-4-5-8-16(15)13-20/h4-5,7-8,17H,3,6,9-14H2,1-2H3,(H,21,24)/t17-,20+/m1/s1. The number of likely N-dealkylation sites (tertiary alicyclic amines) is 1. The van der Waals surface area contributed by atoms with Crippen LogP contribution in [0.2, 0.25) is 0 Å². The molecular weight excluding hydrogens is 300 g/mol. The molecule has 24 heavy (non-hydrogen) atoms. The third-order valence-corrected chi connectivity index (χ3v) is 5.52. The maximum atomic E-state index is 12.8. The van der Waals surface area contributed by atoms with Crippen LogP contribution in [0.1, 0.15) is 50.7 Å². The number of carbonyl (C=O) groups excluding carboxylic acids is 2. The Labute approximate surface area is 144 Å². The normalized spacial score (nSPS) is 26.6. The summed E-state index contributed by atoms with van der Waals surface area (Å²) in [5, 5.41) is 3.31. The van der Waals surface area contributed by atoms with Crippen LogP contribution in [-0.2, 0) is 22.4 Å². The van der Waals surface area contributed by atoms with Gasteiger partial charge in [0.1, 0.15) is 0 Å². The van der Waals surface area contributed by atoms with Crippen molar-refractivity contribution in [3.63, 3.8) is 0 Å². The van der Waals surface area contributed by atoms with E-state index in [0.29, 0.717) is 13.0 Å². The number of nitrogens with zero attached hydrogens (tertiary/aromatic N) is 1. The number of benzene rings is 1. The zero-order valence-corrected chi connectivity index (χ0v) is 14.8. The first kappa shape index (κ1) is 17.0. The van der Waals surface area contributed by atoms with Gasteiger partial charge in [-0.3, -0.25) is 9.59 Å². The maximum absolute atomic E-state index is 12.8. The molecule has 0 saturated carbocycles. The van der Waals surface area contributed by atoms with E-state index >= 15 is 0 Å². The topological polar surface area (TPSA) is 49.4 Å². The first-order valence-corrected chi connectivity index (χ1v) is 9.17. The second kappa shape index (κ2) is 6.96. The number of nitrogens with one attached hydrogen (secondary N) is 1. The van der Waals surface area contributed by atoms with Crippen molar-refractivity contribution in [2.24, 2.45) is 5.92 Å². The Bertz CT molecular complexity index is 628. The van der Waals surface area contributed by atoms with Crippen molar-refractivity contribution in [3.8, 4) is 0 Å². The fourth-order valence-electron chi connectivity index (χ4n) is 4.04. The van der Waals surface area contributed by atoms with Crippen LogP contribution in [0.3, 0.4) is 0 Å². The van der Waals surface area contributed by atoms with Gasteiger partial charge in [0.15, 0.2) is 0 Å². The Morgan fingerprint density at radius 3 is 2.79 bits per heavy atom. The molecule has 1 fully saturated rings. The number of hydrogen-bond donors (Lipinski definition) is 1. The van der Waals surface area contributed by atoms with Crippen LogP contribution < -0.4 is 5.32 Å². The largest absolute Gasteiger partial charge is 0.350 e. The average Bonchev–Trinajstić information content (AvgIpc) is 2.60. The highest BCUT2D eigenvalue weighted by atomic mass is 16.2. The van der Waals surface area contributed by atoms with Crippen molar-refractivity contribution in [1.82, 2.24) is 10.2 Å². The summed E-state index contributed by atoms with van der Waals surface area (Å²) in [6.45, 7) is 5.40. The Morgan fingerprint density at radius 1 is 1.29 bits per heavy atom. The van der Waals surface area contributed by atoms with E-state index in [4.69, 9.17) is 0 Å². The number of fused-ring (bicyclic) bond motifs is 1. The highest BCUT2D eigenvalue weighted by molar-refractivity contribution is 5.82. The molecule has 0 aromatic heterocycles. The molecule has 4 heteroatoms. The Morgan fingerprint density at radius 2 is 2.04 bits per heavy atom. The van der Waals surface area contributed by atoms with Crippen molar-refractivity contribution < 1.29 is 9.59 Å². The molecule has 1 aliphatic carbocycles. The van der Waals surface area contributed by atoms with E-state index in [0.717, 1.165) is 38.6 Å². The zero-order chi connectivity index (χ0) is 17.2. The molecule has 0 bridgehead atoms. The smallest absolute Gasteiger partial charge is 0.225 e. The van der Waals surface area contributed by atoms with Gasteiger partial charge in [0.05, 0.1) is 5.92 Å². The van der Waals surface area contributed by atoms with Crippen molar-refractivity contribution in [2.45, 2.75) is 57.9 Å². The van der Waals surface area contributed by atoms with E-state index in [2.05, 4.69) is 36.5 Å². The SMILES string of the molecule is CCC(=O)N1CCC[C@@H](C(=O)N[C@@]2(C)CCc3ccccc3C2)C1. The summed E-state index contributed by atoms with van der Waals surface area (Å²) in [5.41, 5.74) is 2.57. The molecule has 1 N–H and O–H groups in total. The summed E-state index contributed by atoms with van der Waals surface area (Å²) in [5.74, 6) is 0.207. The monoisotopic (exact) mass is 328 g/mol. The predicted octanol–water partition coefficient (Wildman–Crippen LogP) is 2.70. The van der Waals surface area contributed by atoms with Gasteiger partial charge in [0.2, 0.25) is 11.8 Å². The minimum atomic E-state index is -0.178. The number of carbonyl (C=O) groups is 2. The van der Waals surface area contributed by atoms with Gasteiger partial charge in [0.25, 0.3) is 0 Å². The van der Waals surface area contributed by atoms with E-state index in [1.54, 1.807) is 0 Å². The van der Waals surface area contributed by atoms with Crippen LogP contribution in [0, 0.1) is 5.92 Å². The quantitative estimate of drug-likeness (QED) is 0.927. The molecule has 1 aromatic rings. The Kier molecular flexibility index (Phi) is 4.93. The van der Waals surface area contributed by atoms with Crippen molar-refractivity contribution >= 4 is 11.8 Å². The summed E-state index contributed by atoms with van der Waals surface area (Å²) in [6, 6.07) is 8.51. The van der Waals surface area contributed by atoms with Crippen molar-refractivity contribution in [3.05, 3.63) is 35.4 Å². The van der Waals surface area contributed by atoms with Gasteiger partial charge < -0.3 is 10.2 Å². The second-order valence-electron chi connectivity index (χ2n) is 7.53. The van der Waals surface area contributed by atoms with Crippen LogP contribution in [0.4, 0.5) is 0 Å². The van der Waals surface area contributed by atoms with Gasteiger partial charge in [0, 0.05) is 25.0 Å². The number of amides is 2. The lowest BCUT2D eigenvalue weighted by Gasteiger charge is -2.38. The highest BCUT2D eigenvalue weighted by Crippen LogP contribution is 2.29. The summed E-state index contributed by atoms with van der Waals surface area (Å²) in [6.07, 6.45) is 5.19. The van der Waals surface area contributed by atoms with Crippen LogP contribution in [0.15, 0.2) is 24.3 Å². The number of aryl methyl sites for hydroxylation is 1. The van der Waals surface area contributed by atoms with E-state index in [9.17, 15) is 9.59 Å². The number of rotatable bonds is 3. The molecule has 0 unspecified atom stereocenters. The van der Waals surface area contributed by atoms with E-state index < -0.39 is 0 Å². The van der Waals surface area contributed by atoms with Crippen molar-refractivity contribution in [1.29, 1.82) is 0 Å². The molecule has 0 radical (unpaired) electrons. The molecule has 2 amide bonds. The average molecular weight is 328 g/mol. The molecule has 2 atom stereocenters. The lowest BCUT2D eigenvalue weighted by molar-refractivity contribution is -0.136. The van der Waals surface area contributed by atoms with Gasteiger partial charge in [-0.25, -0.2) is 0 Å². The molecule has 1 heterocycles. The van der Waals surface area contributed by atoms with Crippen LogP contribution in [-0.4, -0.2) is 35.3 Å². The molecule has 2 aliphatic rings. The van der Waals surface area contributed by atoms with E-state index in [1.165, 1.54) is 11.1 Å². The third kappa shape index (κ3) is 3.63. The summed E-state index contributed by atoms with van der Waals surface area (Å²) in [7, 11) is 0. The fraction of sp³-hybridized carbons (Fsp3) is 0.600. The molecule has 1 aromatic carbocycles.